The van der Waals surface area contributed by atoms with Crippen LogP contribution in [0.2, 0.25) is 0 Å². The minimum Gasteiger partial charge on any atom is -0.390 e. The van der Waals surface area contributed by atoms with E-state index in [4.69, 9.17) is 5.73 Å². The number of nitrogens with two attached hydrogens (primary N) is 1. The van der Waals surface area contributed by atoms with Crippen LogP contribution in [0.5, 0.6) is 0 Å². The number of aliphatic hydroxyl groups is 1. The number of hydrogen-bond acceptors (Lipinski definition) is 6. The van der Waals surface area contributed by atoms with E-state index in [-0.39, 0.29) is 18.1 Å². The van der Waals surface area contributed by atoms with Crippen LogP contribution in [0.4, 0.5) is 11.8 Å². The van der Waals surface area contributed by atoms with E-state index >= 15 is 0 Å². The molecule has 18 heavy (non-hydrogen) atoms. The average molecular weight is 251 g/mol. The topological polar surface area (TPSA) is 87.3 Å². The maximum absolute atomic E-state index is 10.1. The zero-order chi connectivity index (χ0) is 13.3. The molecule has 1 saturated heterocycles. The Kier molecular flexibility index (Phi) is 3.68. The standard InChI is InChI=1S/C12H21N5O/c1-7(2)17-5-9(10(18)6-17)15-11-8(3)4-14-12(13)16-11/h4,7,9-10,18H,5-6H2,1-3H3,(H3,13,14,15,16)/t9-,10-/m1/s1. The molecule has 4 N–H and O–H groups in total. The number of hydrogen-bond donors (Lipinski definition) is 3. The van der Waals surface area contributed by atoms with Crippen LogP contribution < -0.4 is 11.1 Å². The van der Waals surface area contributed by atoms with Crippen LogP contribution in [0.15, 0.2) is 6.20 Å². The van der Waals surface area contributed by atoms with Crippen LogP contribution in [0, 0.1) is 6.92 Å². The van der Waals surface area contributed by atoms with Crippen molar-refractivity contribution in [1.29, 1.82) is 0 Å². The van der Waals surface area contributed by atoms with Gasteiger partial charge in [-0.1, -0.05) is 0 Å². The predicted octanol–water partition coefficient (Wildman–Crippen LogP) is 0.233. The van der Waals surface area contributed by atoms with Gasteiger partial charge in [-0.15, -0.1) is 0 Å². The summed E-state index contributed by atoms with van der Waals surface area (Å²) in [6.45, 7) is 7.67. The van der Waals surface area contributed by atoms with Gasteiger partial charge >= 0.3 is 0 Å². The second kappa shape index (κ2) is 5.07. The summed E-state index contributed by atoms with van der Waals surface area (Å²) in [6.07, 6.45) is 1.30. The quantitative estimate of drug-likeness (QED) is 0.713. The molecule has 2 atom stereocenters. The molecule has 0 aromatic carbocycles. The summed E-state index contributed by atoms with van der Waals surface area (Å²) in [7, 11) is 0. The highest BCUT2D eigenvalue weighted by Crippen LogP contribution is 2.19. The second-order valence-electron chi connectivity index (χ2n) is 5.13. The molecule has 6 nitrogen and oxygen atoms in total. The van der Waals surface area contributed by atoms with E-state index in [1.54, 1.807) is 6.20 Å². The number of nitrogens with zero attached hydrogens (tertiary/aromatic N) is 3. The monoisotopic (exact) mass is 251 g/mol. The van der Waals surface area contributed by atoms with Gasteiger partial charge < -0.3 is 16.2 Å². The molecular formula is C12H21N5O. The van der Waals surface area contributed by atoms with E-state index in [2.05, 4.69) is 34.0 Å². The normalized spacial score (nSPS) is 24.7. The summed E-state index contributed by atoms with van der Waals surface area (Å²) in [4.78, 5) is 10.3. The van der Waals surface area contributed by atoms with Crippen molar-refractivity contribution in [2.24, 2.45) is 0 Å². The van der Waals surface area contributed by atoms with Crippen molar-refractivity contribution in [1.82, 2.24) is 14.9 Å². The fourth-order valence-electron chi connectivity index (χ4n) is 2.16. The third-order valence-corrected chi connectivity index (χ3v) is 3.36. The molecule has 0 aliphatic carbocycles. The van der Waals surface area contributed by atoms with Crippen LogP contribution in [0.1, 0.15) is 19.4 Å². The molecule has 0 bridgehead atoms. The summed E-state index contributed by atoms with van der Waals surface area (Å²) in [5.41, 5.74) is 6.51. The molecule has 2 heterocycles. The molecule has 0 radical (unpaired) electrons. The first-order chi connectivity index (χ1) is 8.47. The average Bonchev–Trinajstić information content (AvgIpc) is 2.66. The van der Waals surface area contributed by atoms with Crippen LogP contribution in [0.3, 0.4) is 0 Å². The number of aryl methyl sites for hydroxylation is 1. The van der Waals surface area contributed by atoms with Crippen molar-refractivity contribution in [2.75, 3.05) is 24.1 Å². The molecule has 1 aliphatic rings. The Morgan fingerprint density at radius 3 is 2.83 bits per heavy atom. The number of aliphatic hydroxyl groups excluding tert-OH is 1. The first-order valence-corrected chi connectivity index (χ1v) is 6.25. The van der Waals surface area contributed by atoms with Crippen molar-refractivity contribution in [2.45, 2.75) is 39.0 Å². The molecule has 0 amide bonds. The van der Waals surface area contributed by atoms with Gasteiger partial charge in [-0.3, -0.25) is 4.90 Å². The highest BCUT2D eigenvalue weighted by Gasteiger charge is 2.32. The molecule has 1 aromatic heterocycles. The Bertz CT molecular complexity index is 423. The maximum atomic E-state index is 10.1. The number of aromatic nitrogens is 2. The third kappa shape index (κ3) is 2.70. The van der Waals surface area contributed by atoms with E-state index in [1.165, 1.54) is 0 Å². The largest absolute Gasteiger partial charge is 0.390 e. The second-order valence-corrected chi connectivity index (χ2v) is 5.13. The minimum absolute atomic E-state index is 0.0135. The molecule has 100 valence electrons. The van der Waals surface area contributed by atoms with Crippen molar-refractivity contribution in [3.63, 3.8) is 0 Å². The molecule has 2 rings (SSSR count). The summed E-state index contributed by atoms with van der Waals surface area (Å²) < 4.78 is 0. The molecule has 0 unspecified atom stereocenters. The van der Waals surface area contributed by atoms with Gasteiger partial charge in [-0.2, -0.15) is 4.98 Å². The maximum Gasteiger partial charge on any atom is 0.221 e. The first kappa shape index (κ1) is 13.0. The lowest BCUT2D eigenvalue weighted by Crippen LogP contribution is -2.33. The molecule has 1 aromatic rings. The van der Waals surface area contributed by atoms with Crippen molar-refractivity contribution in [3.05, 3.63) is 11.8 Å². The van der Waals surface area contributed by atoms with Gasteiger partial charge in [0.25, 0.3) is 0 Å². The number of rotatable bonds is 3. The van der Waals surface area contributed by atoms with Crippen LogP contribution in [-0.4, -0.2) is 51.3 Å². The lowest BCUT2D eigenvalue weighted by atomic mass is 10.2. The number of nitrogens with one attached hydrogen (secondary N) is 1. The van der Waals surface area contributed by atoms with Gasteiger partial charge in [0.05, 0.1) is 12.1 Å². The fraction of sp³-hybridized carbons (Fsp3) is 0.667. The summed E-state index contributed by atoms with van der Waals surface area (Å²) in [6, 6.07) is 0.420. The molecule has 1 aliphatic heterocycles. The van der Waals surface area contributed by atoms with E-state index in [1.807, 2.05) is 6.92 Å². The SMILES string of the molecule is Cc1cnc(N)nc1N[C@@H]1CN(C(C)C)C[C@H]1O. The Morgan fingerprint density at radius 1 is 1.50 bits per heavy atom. The Morgan fingerprint density at radius 2 is 2.22 bits per heavy atom. The van der Waals surface area contributed by atoms with E-state index in [9.17, 15) is 5.11 Å². The summed E-state index contributed by atoms with van der Waals surface area (Å²) in [5, 5.41) is 13.3. The molecule has 0 saturated carbocycles. The minimum atomic E-state index is -0.386. The van der Waals surface area contributed by atoms with Crippen LogP contribution in [-0.2, 0) is 0 Å². The van der Waals surface area contributed by atoms with Gasteiger partial charge in [0.15, 0.2) is 0 Å². The molecule has 6 heteroatoms. The number of β-amino-alcohol motifs (C(OH)–C–C–N with tert-alkyl or cyclic N) is 1. The number of anilines is 2. The molecule has 1 fully saturated rings. The van der Waals surface area contributed by atoms with E-state index in [0.29, 0.717) is 18.4 Å². The van der Waals surface area contributed by atoms with E-state index in [0.717, 1.165) is 12.1 Å². The van der Waals surface area contributed by atoms with Gasteiger partial charge in [0.2, 0.25) is 5.95 Å². The summed E-state index contributed by atoms with van der Waals surface area (Å²) >= 11 is 0. The lowest BCUT2D eigenvalue weighted by Gasteiger charge is -2.20. The smallest absolute Gasteiger partial charge is 0.221 e. The van der Waals surface area contributed by atoms with Gasteiger partial charge in [-0.05, 0) is 20.8 Å². The van der Waals surface area contributed by atoms with Crippen LogP contribution in [0.25, 0.3) is 0 Å². The molecule has 0 spiro atoms. The van der Waals surface area contributed by atoms with E-state index < -0.39 is 0 Å². The number of likely N-dealkylation sites (tertiary alicyclic amines) is 1. The molecular weight excluding hydrogens is 230 g/mol. The highest BCUT2D eigenvalue weighted by atomic mass is 16.3. The zero-order valence-electron chi connectivity index (χ0n) is 11.1. The first-order valence-electron chi connectivity index (χ1n) is 6.25. The highest BCUT2D eigenvalue weighted by molar-refractivity contribution is 5.46. The van der Waals surface area contributed by atoms with Crippen LogP contribution >= 0.6 is 0 Å². The Hall–Kier alpha value is -1.40. The summed E-state index contributed by atoms with van der Waals surface area (Å²) in [5.74, 6) is 0.952. The van der Waals surface area contributed by atoms with Crippen molar-refractivity contribution < 1.29 is 5.11 Å². The van der Waals surface area contributed by atoms with Gasteiger partial charge in [-0.25, -0.2) is 4.98 Å². The zero-order valence-corrected chi connectivity index (χ0v) is 11.1. The lowest BCUT2D eigenvalue weighted by molar-refractivity contribution is 0.161. The fourth-order valence-corrected chi connectivity index (χ4v) is 2.16. The van der Waals surface area contributed by atoms with Crippen molar-refractivity contribution in [3.8, 4) is 0 Å². The Labute approximate surface area is 107 Å². The van der Waals surface area contributed by atoms with Crippen molar-refractivity contribution >= 4 is 11.8 Å². The predicted molar refractivity (Wildman–Crippen MR) is 71.3 cm³/mol. The van der Waals surface area contributed by atoms with Gasteiger partial charge in [0.1, 0.15) is 5.82 Å². The Balaban J connectivity index is 2.08. The number of nitrogen functional groups attached to an aromatic ring is 1. The van der Waals surface area contributed by atoms with Gasteiger partial charge in [0, 0.05) is 30.9 Å². The third-order valence-electron chi connectivity index (χ3n) is 3.36.